The zero-order valence-corrected chi connectivity index (χ0v) is 9.71. The summed E-state index contributed by atoms with van der Waals surface area (Å²) in [7, 11) is 0. The number of aromatic nitrogens is 2. The van der Waals surface area contributed by atoms with E-state index >= 15 is 0 Å². The van der Waals surface area contributed by atoms with Crippen molar-refractivity contribution in [2.45, 2.75) is 12.8 Å². The second-order valence-corrected chi connectivity index (χ2v) is 4.37. The lowest BCUT2D eigenvalue weighted by Crippen LogP contribution is -2.21. The van der Waals surface area contributed by atoms with Gasteiger partial charge >= 0.3 is 0 Å². The molecule has 0 spiro atoms. The van der Waals surface area contributed by atoms with Gasteiger partial charge in [-0.15, -0.1) is 5.10 Å². The monoisotopic (exact) mass is 228 g/mol. The van der Waals surface area contributed by atoms with Crippen LogP contribution in [0.1, 0.15) is 12.8 Å². The lowest BCUT2D eigenvalue weighted by atomic mass is 10.3. The van der Waals surface area contributed by atoms with Crippen molar-refractivity contribution in [1.82, 2.24) is 9.78 Å². The number of nitrogens with two attached hydrogens (primary N) is 1. The lowest BCUT2D eigenvalue weighted by Gasteiger charge is -2.18. The van der Waals surface area contributed by atoms with Crippen LogP contribution in [0.4, 0.5) is 11.6 Å². The van der Waals surface area contributed by atoms with E-state index in [1.165, 1.54) is 12.8 Å². The molecule has 4 nitrogen and oxygen atoms in total. The molecule has 1 saturated heterocycles. The van der Waals surface area contributed by atoms with E-state index in [2.05, 4.69) is 10.00 Å². The number of para-hydroxylation sites is 1. The minimum absolute atomic E-state index is 0.579. The van der Waals surface area contributed by atoms with Gasteiger partial charge < -0.3 is 10.6 Å². The fraction of sp³-hybridized carbons (Fsp3) is 0.308. The predicted octanol–water partition coefficient (Wildman–Crippen LogP) is 2.05. The normalized spacial score (nSPS) is 15.4. The molecule has 1 fully saturated rings. The second-order valence-electron chi connectivity index (χ2n) is 4.37. The third-order valence-corrected chi connectivity index (χ3v) is 3.14. The van der Waals surface area contributed by atoms with Crippen LogP contribution in [-0.2, 0) is 0 Å². The Morgan fingerprint density at radius 1 is 1.06 bits per heavy atom. The number of benzene rings is 1. The van der Waals surface area contributed by atoms with Gasteiger partial charge in [-0.05, 0) is 25.0 Å². The number of hydrogen-bond acceptors (Lipinski definition) is 3. The van der Waals surface area contributed by atoms with Crippen LogP contribution in [-0.4, -0.2) is 22.9 Å². The van der Waals surface area contributed by atoms with Crippen molar-refractivity contribution in [1.29, 1.82) is 0 Å². The Kier molecular flexibility index (Phi) is 2.48. The van der Waals surface area contributed by atoms with Crippen molar-refractivity contribution >= 4 is 11.6 Å². The predicted molar refractivity (Wildman–Crippen MR) is 69.4 cm³/mol. The molecule has 2 heterocycles. The summed E-state index contributed by atoms with van der Waals surface area (Å²) in [5.74, 6) is 1.68. The molecule has 88 valence electrons. The van der Waals surface area contributed by atoms with Crippen LogP contribution < -0.4 is 10.6 Å². The fourth-order valence-electron chi connectivity index (χ4n) is 2.32. The largest absolute Gasteiger partial charge is 0.382 e. The van der Waals surface area contributed by atoms with Crippen molar-refractivity contribution in [2.24, 2.45) is 0 Å². The highest BCUT2D eigenvalue weighted by Gasteiger charge is 2.18. The molecule has 1 aliphatic rings. The summed E-state index contributed by atoms with van der Waals surface area (Å²) in [6.45, 7) is 2.19. The van der Waals surface area contributed by atoms with E-state index in [1.807, 2.05) is 41.1 Å². The zero-order chi connectivity index (χ0) is 11.7. The van der Waals surface area contributed by atoms with E-state index in [0.717, 1.165) is 24.6 Å². The van der Waals surface area contributed by atoms with Crippen molar-refractivity contribution < 1.29 is 0 Å². The summed E-state index contributed by atoms with van der Waals surface area (Å²) in [6, 6.07) is 12.1. The summed E-state index contributed by atoms with van der Waals surface area (Å²) < 4.78 is 1.93. The number of rotatable bonds is 2. The SMILES string of the molecule is Nc1cc(N2CCCC2)n(-c2ccccc2)n1. The summed E-state index contributed by atoms with van der Waals surface area (Å²) >= 11 is 0. The molecule has 1 aromatic carbocycles. The van der Waals surface area contributed by atoms with E-state index in [-0.39, 0.29) is 0 Å². The fourth-order valence-corrected chi connectivity index (χ4v) is 2.32. The van der Waals surface area contributed by atoms with Crippen LogP contribution in [0.3, 0.4) is 0 Å². The first-order chi connectivity index (χ1) is 8.34. The molecule has 4 heteroatoms. The molecule has 0 aliphatic carbocycles. The van der Waals surface area contributed by atoms with Gasteiger partial charge in [-0.25, -0.2) is 4.68 Å². The molecule has 1 aliphatic heterocycles. The van der Waals surface area contributed by atoms with Crippen LogP contribution in [0.25, 0.3) is 5.69 Å². The maximum Gasteiger partial charge on any atom is 0.148 e. The van der Waals surface area contributed by atoms with Crippen LogP contribution in [0.5, 0.6) is 0 Å². The molecule has 0 radical (unpaired) electrons. The first-order valence-electron chi connectivity index (χ1n) is 6.00. The summed E-state index contributed by atoms with van der Waals surface area (Å²) in [4.78, 5) is 2.34. The Balaban J connectivity index is 2.04. The van der Waals surface area contributed by atoms with E-state index in [1.54, 1.807) is 0 Å². The number of nitrogen functional groups attached to an aromatic ring is 1. The van der Waals surface area contributed by atoms with Crippen molar-refractivity contribution in [3.8, 4) is 5.69 Å². The Bertz CT molecular complexity index is 497. The quantitative estimate of drug-likeness (QED) is 0.855. The third-order valence-electron chi connectivity index (χ3n) is 3.14. The Morgan fingerprint density at radius 2 is 1.76 bits per heavy atom. The maximum atomic E-state index is 5.83. The van der Waals surface area contributed by atoms with Crippen LogP contribution in [0.2, 0.25) is 0 Å². The van der Waals surface area contributed by atoms with Crippen LogP contribution >= 0.6 is 0 Å². The highest BCUT2D eigenvalue weighted by atomic mass is 15.4. The minimum atomic E-state index is 0.579. The third kappa shape index (κ3) is 1.86. The van der Waals surface area contributed by atoms with Gasteiger partial charge in [-0.3, -0.25) is 0 Å². The first-order valence-corrected chi connectivity index (χ1v) is 6.00. The van der Waals surface area contributed by atoms with Gasteiger partial charge in [-0.2, -0.15) is 0 Å². The van der Waals surface area contributed by atoms with E-state index < -0.39 is 0 Å². The minimum Gasteiger partial charge on any atom is -0.382 e. The number of hydrogen-bond donors (Lipinski definition) is 1. The lowest BCUT2D eigenvalue weighted by molar-refractivity contribution is 0.826. The average Bonchev–Trinajstić information content (AvgIpc) is 2.98. The standard InChI is InChI=1S/C13H16N4/c14-12-10-13(16-8-4-5-9-16)17(15-12)11-6-2-1-3-7-11/h1-3,6-7,10H,4-5,8-9H2,(H2,14,15). The molecule has 3 rings (SSSR count). The summed E-state index contributed by atoms with van der Waals surface area (Å²) in [5.41, 5.74) is 6.89. The maximum absolute atomic E-state index is 5.83. The van der Waals surface area contributed by atoms with Crippen LogP contribution in [0.15, 0.2) is 36.4 Å². The molecule has 17 heavy (non-hydrogen) atoms. The summed E-state index contributed by atoms with van der Waals surface area (Å²) in [5, 5.41) is 4.38. The van der Waals surface area contributed by atoms with Gasteiger partial charge in [0.25, 0.3) is 0 Å². The smallest absolute Gasteiger partial charge is 0.148 e. The zero-order valence-electron chi connectivity index (χ0n) is 9.71. The average molecular weight is 228 g/mol. The number of nitrogens with zero attached hydrogens (tertiary/aromatic N) is 3. The molecule has 0 bridgehead atoms. The molecule has 0 saturated carbocycles. The number of anilines is 2. The first kappa shape index (κ1) is 10.2. The van der Waals surface area contributed by atoms with E-state index in [9.17, 15) is 0 Å². The van der Waals surface area contributed by atoms with Crippen molar-refractivity contribution in [2.75, 3.05) is 23.7 Å². The summed E-state index contributed by atoms with van der Waals surface area (Å²) in [6.07, 6.45) is 2.50. The van der Waals surface area contributed by atoms with E-state index in [0.29, 0.717) is 5.82 Å². The highest BCUT2D eigenvalue weighted by molar-refractivity contribution is 5.54. The van der Waals surface area contributed by atoms with Gasteiger partial charge in [0, 0.05) is 19.2 Å². The van der Waals surface area contributed by atoms with Crippen LogP contribution in [0, 0.1) is 0 Å². The molecule has 0 atom stereocenters. The molecular weight excluding hydrogens is 212 g/mol. The Morgan fingerprint density at radius 3 is 2.47 bits per heavy atom. The molecule has 0 amide bonds. The molecular formula is C13H16N4. The molecule has 2 aromatic rings. The Hall–Kier alpha value is -1.97. The van der Waals surface area contributed by atoms with Gasteiger partial charge in [-0.1, -0.05) is 18.2 Å². The molecule has 0 unspecified atom stereocenters. The van der Waals surface area contributed by atoms with E-state index in [4.69, 9.17) is 5.73 Å². The van der Waals surface area contributed by atoms with Crippen molar-refractivity contribution in [3.63, 3.8) is 0 Å². The van der Waals surface area contributed by atoms with Gasteiger partial charge in [0.2, 0.25) is 0 Å². The van der Waals surface area contributed by atoms with Gasteiger partial charge in [0.05, 0.1) is 5.69 Å². The second kappa shape index (κ2) is 4.13. The molecule has 2 N–H and O–H groups in total. The highest BCUT2D eigenvalue weighted by Crippen LogP contribution is 2.25. The Labute approximate surface area is 101 Å². The van der Waals surface area contributed by atoms with Gasteiger partial charge in [0.15, 0.2) is 0 Å². The molecule has 1 aromatic heterocycles. The topological polar surface area (TPSA) is 47.1 Å². The van der Waals surface area contributed by atoms with Crippen molar-refractivity contribution in [3.05, 3.63) is 36.4 Å². The van der Waals surface area contributed by atoms with Gasteiger partial charge in [0.1, 0.15) is 11.6 Å².